The van der Waals surface area contributed by atoms with Crippen molar-refractivity contribution in [2.45, 2.75) is 20.4 Å². The number of ether oxygens (including phenoxy) is 1. The number of carbonyl (C=O) groups is 1. The van der Waals surface area contributed by atoms with Crippen molar-refractivity contribution in [2.75, 3.05) is 6.61 Å². The lowest BCUT2D eigenvalue weighted by Gasteiger charge is -2.10. The van der Waals surface area contributed by atoms with Crippen molar-refractivity contribution in [3.05, 3.63) is 57.8 Å². The van der Waals surface area contributed by atoms with E-state index < -0.39 is 0 Å². The van der Waals surface area contributed by atoms with Crippen molar-refractivity contribution in [1.82, 2.24) is 14.9 Å². The first kappa shape index (κ1) is 16.8. The fraction of sp³-hybridized carbons (Fsp3) is 0.278. The Labute approximate surface area is 144 Å². The SMILES string of the molecule is CCOc1ccccc1CNC(=O)c1c(C)oc2ncn(C)c(=O)c12. The van der Waals surface area contributed by atoms with Crippen LogP contribution in [0.1, 0.15) is 28.6 Å². The lowest BCUT2D eigenvalue weighted by atomic mass is 10.1. The van der Waals surface area contributed by atoms with E-state index in [-0.39, 0.29) is 34.7 Å². The predicted octanol–water partition coefficient (Wildman–Crippen LogP) is 2.16. The third-order valence-corrected chi connectivity index (χ3v) is 3.89. The zero-order valence-electron chi connectivity index (χ0n) is 14.3. The number of hydrogen-bond acceptors (Lipinski definition) is 5. The van der Waals surface area contributed by atoms with Crippen LogP contribution in [0.25, 0.3) is 11.1 Å². The fourth-order valence-electron chi connectivity index (χ4n) is 2.67. The normalized spacial score (nSPS) is 10.8. The van der Waals surface area contributed by atoms with E-state index in [4.69, 9.17) is 9.15 Å². The standard InChI is InChI=1S/C18H19N3O4/c1-4-24-13-8-6-5-7-12(13)9-19-16(22)14-11(2)25-17-15(14)18(23)21(3)10-20-17/h5-8,10H,4,9H2,1-3H3,(H,19,22). The summed E-state index contributed by atoms with van der Waals surface area (Å²) in [4.78, 5) is 29.1. The molecular formula is C18H19N3O4. The first-order chi connectivity index (χ1) is 12.0. The molecule has 0 fully saturated rings. The second kappa shape index (κ2) is 6.80. The summed E-state index contributed by atoms with van der Waals surface area (Å²) in [7, 11) is 1.58. The summed E-state index contributed by atoms with van der Waals surface area (Å²) >= 11 is 0. The molecule has 1 aromatic carbocycles. The van der Waals surface area contributed by atoms with Crippen LogP contribution in [0.3, 0.4) is 0 Å². The first-order valence-corrected chi connectivity index (χ1v) is 7.96. The Morgan fingerprint density at radius 3 is 2.88 bits per heavy atom. The largest absolute Gasteiger partial charge is 0.494 e. The molecule has 0 spiro atoms. The molecule has 2 heterocycles. The van der Waals surface area contributed by atoms with Crippen LogP contribution in [0.4, 0.5) is 0 Å². The molecule has 0 unspecified atom stereocenters. The summed E-state index contributed by atoms with van der Waals surface area (Å²) in [6.45, 7) is 4.36. The molecular weight excluding hydrogens is 322 g/mol. The zero-order chi connectivity index (χ0) is 18.0. The van der Waals surface area contributed by atoms with Crippen molar-refractivity contribution < 1.29 is 13.9 Å². The van der Waals surface area contributed by atoms with Crippen molar-refractivity contribution in [3.8, 4) is 5.75 Å². The lowest BCUT2D eigenvalue weighted by Crippen LogP contribution is -2.26. The summed E-state index contributed by atoms with van der Waals surface area (Å²) in [6.07, 6.45) is 1.37. The molecule has 0 atom stereocenters. The van der Waals surface area contributed by atoms with Gasteiger partial charge in [0, 0.05) is 19.2 Å². The molecule has 0 radical (unpaired) electrons. The van der Waals surface area contributed by atoms with E-state index in [2.05, 4.69) is 10.3 Å². The molecule has 3 rings (SSSR count). The van der Waals surface area contributed by atoms with Crippen molar-refractivity contribution in [3.63, 3.8) is 0 Å². The maximum absolute atomic E-state index is 12.7. The van der Waals surface area contributed by atoms with E-state index >= 15 is 0 Å². The third kappa shape index (κ3) is 3.13. The Hall–Kier alpha value is -3.09. The summed E-state index contributed by atoms with van der Waals surface area (Å²) in [5, 5.41) is 3.02. The van der Waals surface area contributed by atoms with E-state index in [0.717, 1.165) is 11.3 Å². The molecule has 7 nitrogen and oxygen atoms in total. The van der Waals surface area contributed by atoms with Crippen LogP contribution in [0, 0.1) is 6.92 Å². The van der Waals surface area contributed by atoms with Crippen LogP contribution in [0.15, 0.2) is 39.8 Å². The van der Waals surface area contributed by atoms with E-state index in [9.17, 15) is 9.59 Å². The molecule has 1 amide bonds. The fourth-order valence-corrected chi connectivity index (χ4v) is 2.67. The lowest BCUT2D eigenvalue weighted by molar-refractivity contribution is 0.0950. The summed E-state index contributed by atoms with van der Waals surface area (Å²) in [6, 6.07) is 7.48. The van der Waals surface area contributed by atoms with Crippen LogP contribution in [0.5, 0.6) is 5.75 Å². The minimum atomic E-state index is -0.382. The van der Waals surface area contributed by atoms with Gasteiger partial charge in [-0.2, -0.15) is 0 Å². The molecule has 0 aliphatic heterocycles. The van der Waals surface area contributed by atoms with Gasteiger partial charge in [0.1, 0.15) is 23.2 Å². The number of benzene rings is 1. The highest BCUT2D eigenvalue weighted by Crippen LogP contribution is 2.22. The van der Waals surface area contributed by atoms with Gasteiger partial charge in [-0.25, -0.2) is 4.98 Å². The van der Waals surface area contributed by atoms with Gasteiger partial charge in [-0.15, -0.1) is 0 Å². The summed E-state index contributed by atoms with van der Waals surface area (Å²) < 4.78 is 12.3. The van der Waals surface area contributed by atoms with E-state index in [1.165, 1.54) is 10.9 Å². The van der Waals surface area contributed by atoms with Crippen LogP contribution in [-0.4, -0.2) is 22.1 Å². The highest BCUT2D eigenvalue weighted by molar-refractivity contribution is 6.06. The monoisotopic (exact) mass is 341 g/mol. The number of nitrogens with one attached hydrogen (secondary N) is 1. The zero-order valence-corrected chi connectivity index (χ0v) is 14.3. The van der Waals surface area contributed by atoms with Gasteiger partial charge >= 0.3 is 0 Å². The van der Waals surface area contributed by atoms with Gasteiger partial charge in [0.2, 0.25) is 5.71 Å². The van der Waals surface area contributed by atoms with Crippen LogP contribution in [-0.2, 0) is 13.6 Å². The maximum atomic E-state index is 12.7. The molecule has 7 heteroatoms. The van der Waals surface area contributed by atoms with Gasteiger partial charge in [-0.1, -0.05) is 18.2 Å². The molecule has 0 saturated carbocycles. The Morgan fingerprint density at radius 1 is 1.36 bits per heavy atom. The average molecular weight is 341 g/mol. The van der Waals surface area contributed by atoms with Gasteiger partial charge in [0.05, 0.1) is 12.2 Å². The maximum Gasteiger partial charge on any atom is 0.265 e. The number of nitrogens with zero attached hydrogens (tertiary/aromatic N) is 2. The second-order valence-corrected chi connectivity index (χ2v) is 5.60. The number of amides is 1. The van der Waals surface area contributed by atoms with Gasteiger partial charge in [-0.3, -0.25) is 9.59 Å². The number of hydrogen-bond donors (Lipinski definition) is 1. The van der Waals surface area contributed by atoms with Gasteiger partial charge < -0.3 is 19.0 Å². The van der Waals surface area contributed by atoms with Crippen molar-refractivity contribution in [2.24, 2.45) is 7.05 Å². The Balaban J connectivity index is 1.90. The Kier molecular flexibility index (Phi) is 4.56. The number of rotatable bonds is 5. The molecule has 3 aromatic rings. The van der Waals surface area contributed by atoms with Crippen LogP contribution < -0.4 is 15.6 Å². The first-order valence-electron chi connectivity index (χ1n) is 7.96. The topological polar surface area (TPSA) is 86.4 Å². The van der Waals surface area contributed by atoms with Gasteiger partial charge in [-0.05, 0) is 19.9 Å². The molecule has 0 aliphatic carbocycles. The summed E-state index contributed by atoms with van der Waals surface area (Å²) in [5.74, 6) is 0.700. The van der Waals surface area contributed by atoms with Crippen molar-refractivity contribution in [1.29, 1.82) is 0 Å². The molecule has 0 bridgehead atoms. The van der Waals surface area contributed by atoms with Crippen LogP contribution >= 0.6 is 0 Å². The molecule has 0 aliphatic rings. The highest BCUT2D eigenvalue weighted by Gasteiger charge is 2.22. The molecule has 130 valence electrons. The summed E-state index contributed by atoms with van der Waals surface area (Å²) in [5.41, 5.74) is 0.925. The molecule has 0 saturated heterocycles. The average Bonchev–Trinajstić information content (AvgIpc) is 2.94. The Bertz CT molecular complexity index is 988. The Morgan fingerprint density at radius 2 is 2.12 bits per heavy atom. The number of aryl methyl sites for hydroxylation is 2. The molecule has 25 heavy (non-hydrogen) atoms. The molecule has 1 N–H and O–H groups in total. The van der Waals surface area contributed by atoms with Gasteiger partial charge in [0.25, 0.3) is 11.5 Å². The minimum Gasteiger partial charge on any atom is -0.494 e. The number of fused-ring (bicyclic) bond motifs is 1. The van der Waals surface area contributed by atoms with E-state index in [1.807, 2.05) is 31.2 Å². The second-order valence-electron chi connectivity index (χ2n) is 5.60. The number of aromatic nitrogens is 2. The van der Waals surface area contributed by atoms with E-state index in [1.54, 1.807) is 14.0 Å². The number of para-hydroxylation sites is 1. The highest BCUT2D eigenvalue weighted by atomic mass is 16.5. The number of carbonyl (C=O) groups excluding carboxylic acids is 1. The predicted molar refractivity (Wildman–Crippen MR) is 92.8 cm³/mol. The third-order valence-electron chi connectivity index (χ3n) is 3.89. The minimum absolute atomic E-state index is 0.167. The molecule has 2 aromatic heterocycles. The smallest absolute Gasteiger partial charge is 0.265 e. The van der Waals surface area contributed by atoms with Gasteiger partial charge in [0.15, 0.2) is 0 Å². The van der Waals surface area contributed by atoms with Crippen LogP contribution in [0.2, 0.25) is 0 Å². The quantitative estimate of drug-likeness (QED) is 0.768. The number of furan rings is 1. The van der Waals surface area contributed by atoms with Crippen molar-refractivity contribution >= 4 is 17.0 Å². The van der Waals surface area contributed by atoms with E-state index in [0.29, 0.717) is 12.4 Å².